The van der Waals surface area contributed by atoms with Crippen molar-refractivity contribution in [1.82, 2.24) is 15.3 Å². The summed E-state index contributed by atoms with van der Waals surface area (Å²) >= 11 is 0. The molecule has 35 heavy (non-hydrogen) atoms. The highest BCUT2D eigenvalue weighted by Crippen LogP contribution is 2.32. The van der Waals surface area contributed by atoms with E-state index in [2.05, 4.69) is 36.3 Å². The molecule has 2 aliphatic rings. The summed E-state index contributed by atoms with van der Waals surface area (Å²) in [5, 5.41) is 16.1. The van der Waals surface area contributed by atoms with E-state index in [4.69, 9.17) is 14.7 Å². The molecule has 1 aromatic heterocycles. The molecule has 2 saturated heterocycles. The minimum absolute atomic E-state index is 0.164. The summed E-state index contributed by atoms with van der Waals surface area (Å²) in [4.78, 5) is 26.3. The lowest BCUT2D eigenvalue weighted by Gasteiger charge is -2.44. The third-order valence-corrected chi connectivity index (χ3v) is 6.31. The van der Waals surface area contributed by atoms with Crippen molar-refractivity contribution in [3.63, 3.8) is 0 Å². The Labute approximate surface area is 207 Å². The molecule has 3 N–H and O–H groups in total. The van der Waals surface area contributed by atoms with Gasteiger partial charge in [-0.1, -0.05) is 26.8 Å². The average molecular weight is 483 g/mol. The molecule has 2 aromatic rings. The number of anilines is 3. The molecule has 0 radical (unpaired) electrons. The molecule has 3 heterocycles. The van der Waals surface area contributed by atoms with Gasteiger partial charge in [-0.25, -0.2) is 9.78 Å². The number of β-amino-alcohol motifs (C(OH)–C–C–N with tert-alkyl or cyclic N) is 1. The fourth-order valence-corrected chi connectivity index (χ4v) is 4.28. The number of aliphatic hydroxyl groups is 1. The number of ether oxygens (including phenoxy) is 1. The zero-order valence-corrected chi connectivity index (χ0v) is 21.5. The van der Waals surface area contributed by atoms with E-state index >= 15 is 0 Å². The van der Waals surface area contributed by atoms with E-state index in [0.717, 1.165) is 42.1 Å². The number of aromatic nitrogens is 2. The number of nitrogens with zero attached hydrogens (tertiary/aromatic N) is 4. The minimum Gasteiger partial charge on any atom is -0.386 e. The van der Waals surface area contributed by atoms with Gasteiger partial charge in [0.25, 0.3) is 0 Å². The van der Waals surface area contributed by atoms with Gasteiger partial charge < -0.3 is 30.3 Å². The lowest BCUT2D eigenvalue weighted by molar-refractivity contribution is 0.0300. The van der Waals surface area contributed by atoms with Crippen molar-refractivity contribution in [3.05, 3.63) is 29.8 Å². The van der Waals surface area contributed by atoms with Gasteiger partial charge in [0.05, 0.1) is 37.6 Å². The molecule has 9 heteroatoms. The molecule has 1 aromatic carbocycles. The Bertz CT molecular complexity index is 1050. The van der Waals surface area contributed by atoms with E-state index in [9.17, 15) is 9.90 Å². The van der Waals surface area contributed by atoms with Crippen LogP contribution in [0, 0.1) is 12.3 Å². The number of benzene rings is 1. The van der Waals surface area contributed by atoms with Crippen LogP contribution in [0.3, 0.4) is 0 Å². The first-order valence-electron chi connectivity index (χ1n) is 12.3. The zero-order valence-electron chi connectivity index (χ0n) is 21.5. The molecule has 0 spiro atoms. The first kappa shape index (κ1) is 25.2. The minimum atomic E-state index is -0.724. The summed E-state index contributed by atoms with van der Waals surface area (Å²) in [6, 6.07) is 7.64. The quantitative estimate of drug-likeness (QED) is 0.580. The van der Waals surface area contributed by atoms with Crippen molar-refractivity contribution in [2.24, 2.45) is 5.41 Å². The highest BCUT2D eigenvalue weighted by Gasteiger charge is 2.38. The number of hydrogen-bond acceptors (Lipinski definition) is 7. The van der Waals surface area contributed by atoms with E-state index in [0.29, 0.717) is 44.5 Å². The van der Waals surface area contributed by atoms with Crippen LogP contribution in [0.4, 0.5) is 22.2 Å². The number of carbonyl (C=O) groups is 1. The van der Waals surface area contributed by atoms with E-state index in [1.165, 1.54) is 0 Å². The van der Waals surface area contributed by atoms with Crippen LogP contribution >= 0.6 is 0 Å². The molecule has 0 bridgehead atoms. The van der Waals surface area contributed by atoms with Crippen LogP contribution in [0.2, 0.25) is 0 Å². The molecule has 2 amide bonds. The number of carbonyl (C=O) groups excluding carboxylic acids is 1. The highest BCUT2D eigenvalue weighted by atomic mass is 16.5. The summed E-state index contributed by atoms with van der Waals surface area (Å²) in [5.41, 5.74) is 2.92. The van der Waals surface area contributed by atoms with E-state index in [1.54, 1.807) is 0 Å². The highest BCUT2D eigenvalue weighted by molar-refractivity contribution is 5.90. The number of morpholine rings is 1. The van der Waals surface area contributed by atoms with Crippen molar-refractivity contribution < 1.29 is 14.6 Å². The lowest BCUT2D eigenvalue weighted by atomic mass is 9.92. The van der Waals surface area contributed by atoms with Crippen LogP contribution in [-0.4, -0.2) is 72.6 Å². The van der Waals surface area contributed by atoms with Crippen LogP contribution in [0.5, 0.6) is 0 Å². The van der Waals surface area contributed by atoms with Gasteiger partial charge in [0.1, 0.15) is 5.82 Å². The Morgan fingerprint density at radius 3 is 2.51 bits per heavy atom. The van der Waals surface area contributed by atoms with Gasteiger partial charge in [0, 0.05) is 37.0 Å². The first-order chi connectivity index (χ1) is 16.5. The second-order valence-electron chi connectivity index (χ2n) is 11.1. The Morgan fingerprint density at radius 2 is 1.86 bits per heavy atom. The molecule has 190 valence electrons. The Morgan fingerprint density at radius 1 is 1.14 bits per heavy atom. The predicted molar refractivity (Wildman–Crippen MR) is 139 cm³/mol. The maximum absolute atomic E-state index is 12.4. The van der Waals surface area contributed by atoms with Gasteiger partial charge in [-0.2, -0.15) is 4.98 Å². The standard InChI is InChI=1S/C26H38N6O3/c1-18-6-7-19(28-24(33)27-9-8-25(2,3)4)14-20(18)21-15-22(31-10-12-35-13-11-31)30-23(29-21)32-16-26(5,34)17-32/h6-7,14-15,34H,8-13,16-17H2,1-5H3,(H2,27,28,33). The number of nitrogens with one attached hydrogen (secondary N) is 2. The van der Waals surface area contributed by atoms with E-state index < -0.39 is 5.60 Å². The van der Waals surface area contributed by atoms with Crippen LogP contribution in [-0.2, 0) is 4.74 Å². The molecular weight excluding hydrogens is 444 g/mol. The SMILES string of the molecule is Cc1ccc(NC(=O)NCCC(C)(C)C)cc1-c1cc(N2CCOCC2)nc(N2CC(C)(O)C2)n1. The van der Waals surface area contributed by atoms with Gasteiger partial charge in [0.2, 0.25) is 5.95 Å². The maximum atomic E-state index is 12.4. The van der Waals surface area contributed by atoms with Crippen molar-refractivity contribution in [3.8, 4) is 11.3 Å². The summed E-state index contributed by atoms with van der Waals surface area (Å²) in [6.07, 6.45) is 0.900. The third kappa shape index (κ3) is 6.61. The molecule has 2 aliphatic heterocycles. The first-order valence-corrected chi connectivity index (χ1v) is 12.3. The Hall–Kier alpha value is -2.91. The molecule has 9 nitrogen and oxygen atoms in total. The van der Waals surface area contributed by atoms with Gasteiger partial charge in [-0.3, -0.25) is 0 Å². The van der Waals surface area contributed by atoms with Crippen molar-refractivity contribution >= 4 is 23.5 Å². The average Bonchev–Trinajstić information content (AvgIpc) is 2.78. The molecule has 0 saturated carbocycles. The smallest absolute Gasteiger partial charge is 0.319 e. The lowest BCUT2D eigenvalue weighted by Crippen LogP contribution is -2.60. The third-order valence-electron chi connectivity index (χ3n) is 6.31. The fourth-order valence-electron chi connectivity index (χ4n) is 4.28. The summed E-state index contributed by atoms with van der Waals surface area (Å²) in [5.74, 6) is 1.45. The normalized spacial score (nSPS) is 17.7. The summed E-state index contributed by atoms with van der Waals surface area (Å²) in [7, 11) is 0. The van der Waals surface area contributed by atoms with Crippen molar-refractivity contribution in [2.45, 2.75) is 46.6 Å². The molecular formula is C26H38N6O3. The Balaban J connectivity index is 1.58. The number of aryl methyl sites for hydroxylation is 1. The number of hydrogen-bond donors (Lipinski definition) is 3. The molecule has 0 atom stereocenters. The van der Waals surface area contributed by atoms with Gasteiger partial charge >= 0.3 is 6.03 Å². The van der Waals surface area contributed by atoms with Gasteiger partial charge in [-0.15, -0.1) is 0 Å². The van der Waals surface area contributed by atoms with Crippen LogP contribution in [0.15, 0.2) is 24.3 Å². The molecule has 2 fully saturated rings. The number of urea groups is 1. The summed E-state index contributed by atoms with van der Waals surface area (Å²) in [6.45, 7) is 14.8. The number of rotatable bonds is 6. The van der Waals surface area contributed by atoms with Crippen molar-refractivity contribution in [2.75, 3.05) is 61.1 Å². The largest absolute Gasteiger partial charge is 0.386 e. The van der Waals surface area contributed by atoms with E-state index in [-0.39, 0.29) is 11.4 Å². The van der Waals surface area contributed by atoms with Crippen LogP contribution in [0.1, 0.15) is 39.7 Å². The second kappa shape index (κ2) is 9.99. The second-order valence-corrected chi connectivity index (χ2v) is 11.1. The fraction of sp³-hybridized carbons (Fsp3) is 0.577. The van der Waals surface area contributed by atoms with Gasteiger partial charge in [0.15, 0.2) is 0 Å². The monoisotopic (exact) mass is 482 g/mol. The van der Waals surface area contributed by atoms with Gasteiger partial charge in [-0.05, 0) is 43.4 Å². The maximum Gasteiger partial charge on any atom is 0.319 e. The summed E-state index contributed by atoms with van der Waals surface area (Å²) < 4.78 is 5.52. The molecule has 0 unspecified atom stereocenters. The Kier molecular flexibility index (Phi) is 7.19. The zero-order chi connectivity index (χ0) is 25.2. The number of amides is 2. The van der Waals surface area contributed by atoms with E-state index in [1.807, 2.05) is 43.0 Å². The predicted octanol–water partition coefficient (Wildman–Crippen LogP) is 3.42. The van der Waals surface area contributed by atoms with Crippen LogP contribution in [0.25, 0.3) is 11.3 Å². The van der Waals surface area contributed by atoms with Crippen LogP contribution < -0.4 is 20.4 Å². The molecule has 0 aliphatic carbocycles. The van der Waals surface area contributed by atoms with Crippen molar-refractivity contribution in [1.29, 1.82) is 0 Å². The molecule has 4 rings (SSSR count). The topological polar surface area (TPSA) is 103 Å².